The van der Waals surface area contributed by atoms with Gasteiger partial charge in [-0.1, -0.05) is 26.0 Å². The highest BCUT2D eigenvalue weighted by atomic mass is 32.2. The number of ether oxygens (including phenoxy) is 1. The fourth-order valence-electron chi connectivity index (χ4n) is 1.77. The summed E-state index contributed by atoms with van der Waals surface area (Å²) in [4.78, 5) is 0. The van der Waals surface area contributed by atoms with E-state index in [1.54, 1.807) is 7.11 Å². The first-order valence-corrected chi connectivity index (χ1v) is 7.19. The lowest BCUT2D eigenvalue weighted by atomic mass is 9.95. The van der Waals surface area contributed by atoms with Gasteiger partial charge in [0.1, 0.15) is 5.75 Å². The van der Waals surface area contributed by atoms with Crippen LogP contribution in [0.4, 0.5) is 0 Å². The topological polar surface area (TPSA) is 61.3 Å². The Labute approximate surface area is 114 Å². The number of hydrogen-bond acceptors (Lipinski definition) is 4. The molecule has 0 saturated carbocycles. The molecule has 1 aromatic carbocycles. The van der Waals surface area contributed by atoms with Gasteiger partial charge in [0.25, 0.3) is 0 Å². The summed E-state index contributed by atoms with van der Waals surface area (Å²) in [6, 6.07) is 8.18. The molecule has 4 heteroatoms. The zero-order valence-electron chi connectivity index (χ0n) is 11.5. The Kier molecular flexibility index (Phi) is 5.99. The maximum absolute atomic E-state index is 5.77. The van der Waals surface area contributed by atoms with E-state index in [9.17, 15) is 0 Å². The van der Waals surface area contributed by atoms with Crippen molar-refractivity contribution in [3.63, 3.8) is 0 Å². The van der Waals surface area contributed by atoms with Gasteiger partial charge in [-0.3, -0.25) is 0 Å². The van der Waals surface area contributed by atoms with Crippen LogP contribution in [0.3, 0.4) is 0 Å². The quantitative estimate of drug-likeness (QED) is 0.796. The van der Waals surface area contributed by atoms with E-state index in [0.29, 0.717) is 19.0 Å². The van der Waals surface area contributed by atoms with E-state index < -0.39 is 0 Å². The Hall–Kier alpha value is -0.710. The van der Waals surface area contributed by atoms with Gasteiger partial charge in [0.2, 0.25) is 0 Å². The van der Waals surface area contributed by atoms with E-state index >= 15 is 0 Å². The summed E-state index contributed by atoms with van der Waals surface area (Å²) in [5.74, 6) is 2.21. The Morgan fingerprint density at radius 2 is 1.72 bits per heavy atom. The number of benzene rings is 1. The molecule has 0 aliphatic carbocycles. The monoisotopic (exact) mass is 268 g/mol. The lowest BCUT2D eigenvalue weighted by Crippen LogP contribution is -2.39. The lowest BCUT2D eigenvalue weighted by molar-refractivity contribution is 0.414. The normalized spacial score (nSPS) is 11.9. The largest absolute Gasteiger partial charge is 0.497 e. The number of nitrogens with two attached hydrogens (primary N) is 2. The fraction of sp³-hybridized carbons (Fsp3) is 0.571. The van der Waals surface area contributed by atoms with Crippen LogP contribution in [0.1, 0.15) is 19.4 Å². The Balaban J connectivity index is 2.57. The zero-order valence-corrected chi connectivity index (χ0v) is 12.3. The molecule has 3 nitrogen and oxygen atoms in total. The minimum Gasteiger partial charge on any atom is -0.497 e. The van der Waals surface area contributed by atoms with Gasteiger partial charge in [0, 0.05) is 10.5 Å². The van der Waals surface area contributed by atoms with Gasteiger partial charge in [-0.2, -0.15) is 11.8 Å². The fourth-order valence-corrected chi connectivity index (χ4v) is 2.93. The van der Waals surface area contributed by atoms with Crippen molar-refractivity contribution in [2.75, 3.05) is 20.2 Å². The molecule has 0 aliphatic rings. The van der Waals surface area contributed by atoms with Crippen molar-refractivity contribution in [1.82, 2.24) is 0 Å². The lowest BCUT2D eigenvalue weighted by Gasteiger charge is -2.32. The second-order valence-corrected chi connectivity index (χ2v) is 6.54. The molecule has 0 amide bonds. The Morgan fingerprint density at radius 1 is 1.17 bits per heavy atom. The molecule has 4 N–H and O–H groups in total. The van der Waals surface area contributed by atoms with E-state index in [0.717, 1.165) is 11.5 Å². The second-order valence-electron chi connectivity index (χ2n) is 4.91. The third kappa shape index (κ3) is 4.19. The van der Waals surface area contributed by atoms with Gasteiger partial charge in [-0.05, 0) is 36.7 Å². The first-order valence-electron chi connectivity index (χ1n) is 6.20. The molecular formula is C14H24N2OS. The first kappa shape index (κ1) is 15.3. The van der Waals surface area contributed by atoms with Gasteiger partial charge in [0.15, 0.2) is 0 Å². The van der Waals surface area contributed by atoms with Gasteiger partial charge >= 0.3 is 0 Å². The minimum atomic E-state index is 0.101. The van der Waals surface area contributed by atoms with E-state index in [1.807, 2.05) is 23.9 Å². The van der Waals surface area contributed by atoms with E-state index in [4.69, 9.17) is 16.2 Å². The molecule has 0 heterocycles. The molecule has 0 aliphatic heterocycles. The van der Waals surface area contributed by atoms with Gasteiger partial charge in [-0.25, -0.2) is 0 Å². The molecule has 0 spiro atoms. The molecular weight excluding hydrogens is 244 g/mol. The predicted octanol–water partition coefficient (Wildman–Crippen LogP) is 2.24. The molecule has 0 unspecified atom stereocenters. The van der Waals surface area contributed by atoms with Gasteiger partial charge < -0.3 is 16.2 Å². The smallest absolute Gasteiger partial charge is 0.118 e. The van der Waals surface area contributed by atoms with Crippen molar-refractivity contribution in [3.05, 3.63) is 29.8 Å². The third-order valence-corrected chi connectivity index (χ3v) is 4.88. The highest BCUT2D eigenvalue weighted by Crippen LogP contribution is 2.34. The van der Waals surface area contributed by atoms with Crippen LogP contribution < -0.4 is 16.2 Å². The van der Waals surface area contributed by atoms with Crippen LogP contribution in [0.15, 0.2) is 24.3 Å². The van der Waals surface area contributed by atoms with Crippen LogP contribution in [-0.2, 0) is 5.75 Å². The molecule has 0 saturated heterocycles. The molecule has 0 fully saturated rings. The maximum Gasteiger partial charge on any atom is 0.118 e. The van der Waals surface area contributed by atoms with Crippen molar-refractivity contribution in [3.8, 4) is 5.75 Å². The van der Waals surface area contributed by atoms with E-state index in [2.05, 4.69) is 26.0 Å². The molecule has 0 bridgehead atoms. The third-order valence-electron chi connectivity index (χ3n) is 3.32. The van der Waals surface area contributed by atoms with E-state index in [-0.39, 0.29) is 4.75 Å². The summed E-state index contributed by atoms with van der Waals surface area (Å²) >= 11 is 1.90. The molecule has 102 valence electrons. The molecule has 1 rings (SSSR count). The molecule has 0 aromatic heterocycles. The Bertz CT molecular complexity index is 347. The van der Waals surface area contributed by atoms with Crippen molar-refractivity contribution in [1.29, 1.82) is 0 Å². The highest BCUT2D eigenvalue weighted by molar-refractivity contribution is 7.99. The van der Waals surface area contributed by atoms with Crippen LogP contribution in [0, 0.1) is 5.92 Å². The average Bonchev–Trinajstić information content (AvgIpc) is 2.38. The van der Waals surface area contributed by atoms with Crippen LogP contribution >= 0.6 is 11.8 Å². The summed E-state index contributed by atoms with van der Waals surface area (Å²) < 4.78 is 5.25. The molecule has 1 aromatic rings. The summed E-state index contributed by atoms with van der Waals surface area (Å²) in [5, 5.41) is 0. The number of thioether (sulfide) groups is 1. The summed E-state index contributed by atoms with van der Waals surface area (Å²) in [5.41, 5.74) is 12.8. The standard InChI is InChI=1S/C14H24N2OS/c1-14(2,12(8-15)9-16)18-10-11-4-6-13(17-3)7-5-11/h4-7,12H,8-10,15-16H2,1-3H3. The van der Waals surface area contributed by atoms with Crippen molar-refractivity contribution >= 4 is 11.8 Å². The predicted molar refractivity (Wildman–Crippen MR) is 80.0 cm³/mol. The molecule has 0 radical (unpaired) electrons. The van der Waals surface area contributed by atoms with Crippen LogP contribution in [-0.4, -0.2) is 24.9 Å². The van der Waals surface area contributed by atoms with E-state index in [1.165, 1.54) is 5.56 Å². The number of methoxy groups -OCH3 is 1. The number of hydrogen-bond donors (Lipinski definition) is 2. The van der Waals surface area contributed by atoms with Crippen molar-refractivity contribution in [2.45, 2.75) is 24.3 Å². The summed E-state index contributed by atoms with van der Waals surface area (Å²) in [6.07, 6.45) is 0. The maximum atomic E-state index is 5.77. The molecule has 18 heavy (non-hydrogen) atoms. The second kappa shape index (κ2) is 7.02. The van der Waals surface area contributed by atoms with Crippen LogP contribution in [0.5, 0.6) is 5.75 Å². The minimum absolute atomic E-state index is 0.101. The Morgan fingerprint density at radius 3 is 2.17 bits per heavy atom. The van der Waals surface area contributed by atoms with Crippen molar-refractivity contribution < 1.29 is 4.74 Å². The highest BCUT2D eigenvalue weighted by Gasteiger charge is 2.27. The summed E-state index contributed by atoms with van der Waals surface area (Å²) in [6.45, 7) is 5.70. The summed E-state index contributed by atoms with van der Waals surface area (Å²) in [7, 11) is 1.68. The zero-order chi connectivity index (χ0) is 13.6. The van der Waals surface area contributed by atoms with Crippen molar-refractivity contribution in [2.24, 2.45) is 17.4 Å². The molecule has 0 atom stereocenters. The van der Waals surface area contributed by atoms with Crippen LogP contribution in [0.25, 0.3) is 0 Å². The first-order chi connectivity index (χ1) is 8.53. The number of rotatable bonds is 7. The van der Waals surface area contributed by atoms with Crippen LogP contribution in [0.2, 0.25) is 0 Å². The van der Waals surface area contributed by atoms with Gasteiger partial charge in [-0.15, -0.1) is 0 Å². The average molecular weight is 268 g/mol. The van der Waals surface area contributed by atoms with Gasteiger partial charge in [0.05, 0.1) is 7.11 Å². The SMILES string of the molecule is COc1ccc(CSC(C)(C)C(CN)CN)cc1.